The fourth-order valence-electron chi connectivity index (χ4n) is 6.35. The van der Waals surface area contributed by atoms with Gasteiger partial charge in [-0.05, 0) is 74.5 Å². The number of phenols is 2. The molecule has 4 aliphatic rings. The molecule has 2 heterocycles. The van der Waals surface area contributed by atoms with Crippen molar-refractivity contribution in [2.45, 2.75) is 43.9 Å². The van der Waals surface area contributed by atoms with Crippen LogP contribution in [0.4, 0.5) is 0 Å². The van der Waals surface area contributed by atoms with Gasteiger partial charge in [0.1, 0.15) is 0 Å². The Labute approximate surface area is 156 Å². The van der Waals surface area contributed by atoms with Gasteiger partial charge in [-0.15, -0.1) is 11.3 Å². The molecule has 1 aromatic carbocycles. The van der Waals surface area contributed by atoms with E-state index in [2.05, 4.69) is 16.0 Å². The van der Waals surface area contributed by atoms with Gasteiger partial charge in [-0.25, -0.2) is 4.98 Å². The highest BCUT2D eigenvalue weighted by atomic mass is 32.1. The Kier molecular flexibility index (Phi) is 2.92. The SMILES string of the molecule is Oc1ccc(-c2csc3nc(C45CC6CC(CC(C6)C4)C5)cn23)cc1O. The van der Waals surface area contributed by atoms with Gasteiger partial charge in [-0.2, -0.15) is 0 Å². The number of thiazole rings is 1. The Morgan fingerprint density at radius 3 is 2.35 bits per heavy atom. The molecule has 7 rings (SSSR count). The van der Waals surface area contributed by atoms with Crippen molar-refractivity contribution >= 4 is 16.3 Å². The first-order valence-corrected chi connectivity index (χ1v) is 10.5. The Balaban J connectivity index is 1.45. The molecule has 3 aromatic rings. The lowest BCUT2D eigenvalue weighted by atomic mass is 9.49. The lowest BCUT2D eigenvalue weighted by Gasteiger charge is -2.56. The second kappa shape index (κ2) is 5.03. The van der Waals surface area contributed by atoms with E-state index in [1.54, 1.807) is 23.5 Å². The molecule has 4 bridgehead atoms. The monoisotopic (exact) mass is 366 g/mol. The van der Waals surface area contributed by atoms with Gasteiger partial charge in [-0.3, -0.25) is 4.40 Å². The molecule has 4 nitrogen and oxygen atoms in total. The van der Waals surface area contributed by atoms with Crippen LogP contribution in [-0.4, -0.2) is 19.6 Å². The third-order valence-corrected chi connectivity index (χ3v) is 7.90. The van der Waals surface area contributed by atoms with Crippen LogP contribution in [0.15, 0.2) is 29.8 Å². The predicted octanol–water partition coefficient (Wildman–Crippen LogP) is 4.94. The molecule has 26 heavy (non-hydrogen) atoms. The maximum Gasteiger partial charge on any atom is 0.194 e. The molecule has 4 saturated carbocycles. The molecule has 4 aliphatic carbocycles. The average Bonchev–Trinajstić information content (AvgIpc) is 3.17. The van der Waals surface area contributed by atoms with E-state index in [0.29, 0.717) is 5.41 Å². The molecular weight excluding hydrogens is 344 g/mol. The minimum Gasteiger partial charge on any atom is -0.504 e. The number of aromatic nitrogens is 2. The van der Waals surface area contributed by atoms with Crippen molar-refractivity contribution in [3.63, 3.8) is 0 Å². The molecule has 5 heteroatoms. The maximum absolute atomic E-state index is 9.86. The van der Waals surface area contributed by atoms with Crippen LogP contribution in [0.5, 0.6) is 11.5 Å². The number of nitrogens with zero attached hydrogens (tertiary/aromatic N) is 2. The lowest BCUT2D eigenvalue weighted by Crippen LogP contribution is -2.48. The highest BCUT2D eigenvalue weighted by Crippen LogP contribution is 2.60. The van der Waals surface area contributed by atoms with Gasteiger partial charge in [0.15, 0.2) is 16.5 Å². The van der Waals surface area contributed by atoms with Crippen molar-refractivity contribution in [2.75, 3.05) is 0 Å². The van der Waals surface area contributed by atoms with Gasteiger partial charge in [0.2, 0.25) is 0 Å². The normalized spacial score (nSPS) is 32.5. The molecule has 134 valence electrons. The van der Waals surface area contributed by atoms with Crippen molar-refractivity contribution in [3.8, 4) is 22.8 Å². The molecule has 2 N–H and O–H groups in total. The number of benzene rings is 1. The highest BCUT2D eigenvalue weighted by Gasteiger charge is 2.52. The maximum atomic E-state index is 9.86. The van der Waals surface area contributed by atoms with E-state index < -0.39 is 0 Å². The molecule has 2 aromatic heterocycles. The van der Waals surface area contributed by atoms with E-state index in [9.17, 15) is 10.2 Å². The standard InChI is InChI=1S/C21H22N2O2S/c24-17-2-1-15(6-18(17)25)16-11-26-20-22-19(10-23(16)20)21-7-12-3-13(8-21)5-14(4-12)9-21/h1-2,6,10-14,24-25H,3-5,7-9H2. The number of fused-ring (bicyclic) bond motifs is 1. The molecule has 0 unspecified atom stereocenters. The largest absolute Gasteiger partial charge is 0.504 e. The van der Waals surface area contributed by atoms with Crippen LogP contribution in [0, 0.1) is 17.8 Å². The van der Waals surface area contributed by atoms with Crippen LogP contribution >= 0.6 is 11.3 Å². The summed E-state index contributed by atoms with van der Waals surface area (Å²) in [5.74, 6) is 2.57. The van der Waals surface area contributed by atoms with E-state index in [-0.39, 0.29) is 11.5 Å². The third-order valence-electron chi connectivity index (χ3n) is 7.06. The summed E-state index contributed by atoms with van der Waals surface area (Å²) in [5.41, 5.74) is 3.52. The van der Waals surface area contributed by atoms with Gasteiger partial charge in [0.25, 0.3) is 0 Å². The minimum atomic E-state index is -0.0832. The Morgan fingerprint density at radius 2 is 1.69 bits per heavy atom. The first-order valence-electron chi connectivity index (χ1n) is 9.59. The summed E-state index contributed by atoms with van der Waals surface area (Å²) in [6, 6.07) is 5.02. The fraction of sp³-hybridized carbons (Fsp3) is 0.476. The van der Waals surface area contributed by atoms with Crippen LogP contribution in [0.1, 0.15) is 44.2 Å². The van der Waals surface area contributed by atoms with Crippen molar-refractivity contribution in [3.05, 3.63) is 35.5 Å². The molecule has 4 fully saturated rings. The zero-order valence-electron chi connectivity index (χ0n) is 14.6. The summed E-state index contributed by atoms with van der Waals surface area (Å²) < 4.78 is 2.17. The number of hydrogen-bond donors (Lipinski definition) is 2. The molecule has 0 aliphatic heterocycles. The smallest absolute Gasteiger partial charge is 0.194 e. The lowest BCUT2D eigenvalue weighted by molar-refractivity contribution is -0.00696. The van der Waals surface area contributed by atoms with Crippen LogP contribution in [-0.2, 0) is 5.41 Å². The second-order valence-corrected chi connectivity index (χ2v) is 9.64. The van der Waals surface area contributed by atoms with E-state index in [0.717, 1.165) is 34.0 Å². The topological polar surface area (TPSA) is 57.8 Å². The first kappa shape index (κ1) is 15.1. The number of imidazole rings is 1. The van der Waals surface area contributed by atoms with Crippen molar-refractivity contribution in [1.82, 2.24) is 9.38 Å². The third kappa shape index (κ3) is 2.04. The van der Waals surface area contributed by atoms with Crippen molar-refractivity contribution in [2.24, 2.45) is 17.8 Å². The zero-order chi connectivity index (χ0) is 17.5. The Hall–Kier alpha value is -2.01. The summed E-state index contributed by atoms with van der Waals surface area (Å²) >= 11 is 1.65. The number of aromatic hydroxyl groups is 2. The fourth-order valence-corrected chi connectivity index (χ4v) is 7.24. The van der Waals surface area contributed by atoms with Crippen molar-refractivity contribution < 1.29 is 10.2 Å². The first-order chi connectivity index (χ1) is 12.6. The van der Waals surface area contributed by atoms with Crippen LogP contribution < -0.4 is 0 Å². The average molecular weight is 366 g/mol. The van der Waals surface area contributed by atoms with E-state index in [4.69, 9.17) is 4.98 Å². The van der Waals surface area contributed by atoms with Gasteiger partial charge < -0.3 is 10.2 Å². The summed E-state index contributed by atoms with van der Waals surface area (Å²) in [6.07, 6.45) is 10.5. The molecular formula is C21H22N2O2S. The second-order valence-electron chi connectivity index (χ2n) is 8.80. The van der Waals surface area contributed by atoms with E-state index >= 15 is 0 Å². The number of hydrogen-bond acceptors (Lipinski definition) is 4. The van der Waals surface area contributed by atoms with Gasteiger partial charge in [0, 0.05) is 22.6 Å². The summed E-state index contributed by atoms with van der Waals surface area (Å²) in [5, 5.41) is 21.5. The van der Waals surface area contributed by atoms with E-state index in [1.165, 1.54) is 44.2 Å². The van der Waals surface area contributed by atoms with Crippen LogP contribution in [0.25, 0.3) is 16.2 Å². The summed E-state index contributed by atoms with van der Waals surface area (Å²) in [4.78, 5) is 6.08. The van der Waals surface area contributed by atoms with Crippen molar-refractivity contribution in [1.29, 1.82) is 0 Å². The van der Waals surface area contributed by atoms with Crippen LogP contribution in [0.3, 0.4) is 0 Å². The highest BCUT2D eigenvalue weighted by molar-refractivity contribution is 7.15. The molecule has 0 saturated heterocycles. The Bertz CT molecular complexity index is 983. The Morgan fingerprint density at radius 1 is 1.00 bits per heavy atom. The summed E-state index contributed by atoms with van der Waals surface area (Å²) in [6.45, 7) is 0. The molecule has 0 spiro atoms. The van der Waals surface area contributed by atoms with Gasteiger partial charge in [0.05, 0.1) is 11.4 Å². The zero-order valence-corrected chi connectivity index (χ0v) is 15.4. The predicted molar refractivity (Wildman–Crippen MR) is 102 cm³/mol. The molecule has 0 amide bonds. The molecule has 0 atom stereocenters. The quantitative estimate of drug-likeness (QED) is 0.632. The van der Waals surface area contributed by atoms with Crippen LogP contribution in [0.2, 0.25) is 0 Å². The van der Waals surface area contributed by atoms with Gasteiger partial charge >= 0.3 is 0 Å². The molecule has 0 radical (unpaired) electrons. The van der Waals surface area contributed by atoms with Gasteiger partial charge in [-0.1, -0.05) is 0 Å². The summed E-state index contributed by atoms with van der Waals surface area (Å²) in [7, 11) is 0. The number of phenolic OH excluding ortho intramolecular Hbond substituents is 2. The minimum absolute atomic E-state index is 0.0803. The van der Waals surface area contributed by atoms with E-state index in [1.807, 2.05) is 6.07 Å². The number of rotatable bonds is 2.